The van der Waals surface area contributed by atoms with E-state index in [4.69, 9.17) is 18.0 Å². The number of halogens is 2. The Morgan fingerprint density at radius 3 is 2.87 bits per heavy atom. The monoisotopic (exact) mass is 336 g/mol. The predicted octanol–water partition coefficient (Wildman–Crippen LogP) is 2.49. The van der Waals surface area contributed by atoms with Crippen molar-refractivity contribution in [2.45, 2.75) is 6.92 Å². The number of nitrogens with one attached hydrogen (secondary N) is 2. The summed E-state index contributed by atoms with van der Waals surface area (Å²) in [7, 11) is 0. The maximum absolute atomic E-state index is 14.3. The van der Waals surface area contributed by atoms with Gasteiger partial charge in [0.1, 0.15) is 22.4 Å². The van der Waals surface area contributed by atoms with Crippen molar-refractivity contribution in [3.05, 3.63) is 49.3 Å². The summed E-state index contributed by atoms with van der Waals surface area (Å²) in [5.41, 5.74) is -1.37. The Bertz CT molecular complexity index is 889. The first-order valence-electron chi connectivity index (χ1n) is 6.27. The highest BCUT2D eigenvalue weighted by atomic mass is 35.5. The van der Waals surface area contributed by atoms with Crippen LogP contribution in [0.15, 0.2) is 16.9 Å². The molecule has 0 spiro atoms. The zero-order valence-corrected chi connectivity index (χ0v) is 12.6. The first-order chi connectivity index (χ1) is 10.8. The highest BCUT2D eigenvalue weighted by molar-refractivity contribution is 6.32. The van der Waals surface area contributed by atoms with Gasteiger partial charge in [0.2, 0.25) is 0 Å². The van der Waals surface area contributed by atoms with E-state index in [-0.39, 0.29) is 34.3 Å². The minimum Gasteiger partial charge on any atom is -0.369 e. The number of hydrogen-bond acceptors (Lipinski definition) is 5. The van der Waals surface area contributed by atoms with Crippen LogP contribution in [0.5, 0.6) is 0 Å². The second kappa shape index (κ2) is 6.46. The molecule has 0 atom stereocenters. The molecule has 0 saturated carbocycles. The molecule has 1 heterocycles. The van der Waals surface area contributed by atoms with Gasteiger partial charge in [0.05, 0.1) is 23.2 Å². The van der Waals surface area contributed by atoms with Crippen LogP contribution in [0.1, 0.15) is 5.82 Å². The number of aromatic amines is 1. The molecule has 0 aliphatic carbocycles. The van der Waals surface area contributed by atoms with Crippen molar-refractivity contribution in [2.24, 2.45) is 0 Å². The Hall–Kier alpha value is -2.92. The third-order valence-electron chi connectivity index (χ3n) is 2.90. The second-order valence-electron chi connectivity index (χ2n) is 4.48. The van der Waals surface area contributed by atoms with E-state index in [1.54, 1.807) is 0 Å². The average Bonchev–Trinajstić information content (AvgIpc) is 2.49. The van der Waals surface area contributed by atoms with Crippen LogP contribution in [0.2, 0.25) is 5.02 Å². The van der Waals surface area contributed by atoms with E-state index in [0.29, 0.717) is 0 Å². The highest BCUT2D eigenvalue weighted by Gasteiger charge is 2.22. The molecule has 0 unspecified atom stereocenters. The molecule has 0 radical (unpaired) electrons. The number of aryl methyl sites for hydroxylation is 1. The van der Waals surface area contributed by atoms with Crippen LogP contribution in [0, 0.1) is 35.2 Å². The molecule has 2 aromatic rings. The lowest BCUT2D eigenvalue weighted by atomic mass is 10.1. The Labute approximate surface area is 134 Å². The fourth-order valence-corrected chi connectivity index (χ4v) is 2.12. The van der Waals surface area contributed by atoms with Gasteiger partial charge >= 0.3 is 0 Å². The second-order valence-corrected chi connectivity index (χ2v) is 4.86. The molecule has 0 amide bonds. The summed E-state index contributed by atoms with van der Waals surface area (Å²) in [6.07, 6.45) is 5.11. The number of aromatic nitrogens is 2. The lowest BCUT2D eigenvalue weighted by Crippen LogP contribution is -2.12. The van der Waals surface area contributed by atoms with E-state index < -0.39 is 22.0 Å². The number of benzene rings is 1. The van der Waals surface area contributed by atoms with E-state index in [1.807, 2.05) is 0 Å². The van der Waals surface area contributed by atoms with Crippen molar-refractivity contribution >= 4 is 23.0 Å². The Morgan fingerprint density at radius 2 is 2.26 bits per heavy atom. The van der Waals surface area contributed by atoms with Gasteiger partial charge in [-0.1, -0.05) is 17.5 Å². The van der Waals surface area contributed by atoms with Crippen molar-refractivity contribution in [2.75, 3.05) is 11.9 Å². The van der Waals surface area contributed by atoms with Gasteiger partial charge < -0.3 is 10.3 Å². The molecule has 0 saturated heterocycles. The Balaban J connectivity index is 2.71. The molecular weight excluding hydrogens is 327 g/mol. The summed E-state index contributed by atoms with van der Waals surface area (Å²) >= 11 is 5.87. The molecule has 0 bridgehead atoms. The first-order valence-corrected chi connectivity index (χ1v) is 6.65. The number of rotatable bonds is 4. The smallest absolute Gasteiger partial charge is 0.295 e. The number of H-pyrrole nitrogens is 1. The third-order valence-corrected chi connectivity index (χ3v) is 3.25. The minimum absolute atomic E-state index is 0.000140. The number of nitrogens with zero attached hydrogens (tertiary/aromatic N) is 2. The van der Waals surface area contributed by atoms with Crippen molar-refractivity contribution in [3.8, 4) is 23.6 Å². The van der Waals surface area contributed by atoms with Gasteiger partial charge in [-0.25, -0.2) is 9.37 Å². The molecule has 1 aromatic heterocycles. The first kappa shape index (κ1) is 16.5. The molecule has 118 valence electrons. The van der Waals surface area contributed by atoms with Gasteiger partial charge in [-0.2, -0.15) is 0 Å². The molecule has 1 aromatic carbocycles. The van der Waals surface area contributed by atoms with Crippen LogP contribution in [0.4, 0.5) is 15.8 Å². The zero-order chi connectivity index (χ0) is 17.1. The number of anilines is 1. The number of hydrogen-bond donors (Lipinski definition) is 2. The predicted molar refractivity (Wildman–Crippen MR) is 84.0 cm³/mol. The van der Waals surface area contributed by atoms with Gasteiger partial charge in [-0.05, 0) is 13.0 Å². The summed E-state index contributed by atoms with van der Waals surface area (Å²) in [5.74, 6) is 1.56. The molecule has 2 rings (SSSR count). The maximum atomic E-state index is 14.3. The van der Waals surface area contributed by atoms with Crippen LogP contribution in [-0.4, -0.2) is 21.4 Å². The van der Waals surface area contributed by atoms with Gasteiger partial charge in [0.25, 0.3) is 11.2 Å². The summed E-state index contributed by atoms with van der Waals surface area (Å²) in [6, 6.07) is 1.88. The summed E-state index contributed by atoms with van der Waals surface area (Å²) < 4.78 is 14.3. The zero-order valence-electron chi connectivity index (χ0n) is 11.8. The molecule has 7 nitrogen and oxygen atoms in total. The van der Waals surface area contributed by atoms with Crippen LogP contribution in [0.25, 0.3) is 11.3 Å². The van der Waals surface area contributed by atoms with Crippen LogP contribution < -0.4 is 10.9 Å². The molecule has 0 aliphatic rings. The van der Waals surface area contributed by atoms with Crippen LogP contribution >= 0.6 is 11.6 Å². The Morgan fingerprint density at radius 1 is 1.57 bits per heavy atom. The number of nitro groups is 1. The normalized spacial score (nSPS) is 10.2. The van der Waals surface area contributed by atoms with E-state index in [0.717, 1.165) is 12.1 Å². The van der Waals surface area contributed by atoms with Gasteiger partial charge in [-0.3, -0.25) is 14.9 Å². The van der Waals surface area contributed by atoms with Crippen molar-refractivity contribution in [1.29, 1.82) is 0 Å². The quantitative estimate of drug-likeness (QED) is 0.507. The van der Waals surface area contributed by atoms with Crippen LogP contribution in [-0.2, 0) is 0 Å². The van der Waals surface area contributed by atoms with Gasteiger partial charge in [0, 0.05) is 5.56 Å². The lowest BCUT2D eigenvalue weighted by Gasteiger charge is -2.10. The van der Waals surface area contributed by atoms with Crippen LogP contribution in [0.3, 0.4) is 0 Å². The fraction of sp³-hybridized carbons (Fsp3) is 0.143. The molecule has 0 aliphatic heterocycles. The molecule has 2 N–H and O–H groups in total. The lowest BCUT2D eigenvalue weighted by molar-refractivity contribution is -0.384. The maximum Gasteiger partial charge on any atom is 0.295 e. The van der Waals surface area contributed by atoms with E-state index in [2.05, 4.69) is 21.2 Å². The fourth-order valence-electron chi connectivity index (χ4n) is 1.93. The standard InChI is InChI=1S/C14H10ClFN4O3/c1-3-4-17-10-5-8(9(16)6-11(10)20(22)23)13-12(15)14(21)19-7(2)18-13/h1,5-6,17H,4H2,2H3,(H,18,19,21). The van der Waals surface area contributed by atoms with E-state index in [9.17, 15) is 19.3 Å². The summed E-state index contributed by atoms with van der Waals surface area (Å²) in [4.78, 5) is 28.3. The van der Waals surface area contributed by atoms with Crippen molar-refractivity contribution in [1.82, 2.24) is 9.97 Å². The topological polar surface area (TPSA) is 101 Å². The number of terminal acetylenes is 1. The molecule has 0 fully saturated rings. The van der Waals surface area contributed by atoms with Crippen molar-refractivity contribution < 1.29 is 9.31 Å². The van der Waals surface area contributed by atoms with Crippen molar-refractivity contribution in [3.63, 3.8) is 0 Å². The SMILES string of the molecule is C#CCNc1cc(-c2nc(C)[nH]c(=O)c2Cl)c(F)cc1[N+](=O)[O-]. The third kappa shape index (κ3) is 3.30. The average molecular weight is 337 g/mol. The van der Waals surface area contributed by atoms with E-state index in [1.165, 1.54) is 6.92 Å². The number of nitro benzene ring substituents is 1. The summed E-state index contributed by atoms with van der Waals surface area (Å²) in [5, 5.41) is 13.3. The molecular formula is C14H10ClFN4O3. The Kier molecular flexibility index (Phi) is 4.62. The highest BCUT2D eigenvalue weighted by Crippen LogP contribution is 2.34. The molecule has 23 heavy (non-hydrogen) atoms. The largest absolute Gasteiger partial charge is 0.369 e. The van der Waals surface area contributed by atoms with Gasteiger partial charge in [0.15, 0.2) is 0 Å². The minimum atomic E-state index is -0.928. The van der Waals surface area contributed by atoms with Gasteiger partial charge in [-0.15, -0.1) is 6.42 Å². The molecule has 9 heteroatoms. The summed E-state index contributed by atoms with van der Waals surface area (Å²) in [6.45, 7) is 1.50. The van der Waals surface area contributed by atoms with E-state index >= 15 is 0 Å².